The highest BCUT2D eigenvalue weighted by molar-refractivity contribution is 5.93. The van der Waals surface area contributed by atoms with Crippen molar-refractivity contribution in [3.63, 3.8) is 0 Å². The number of carbonyl (C=O) groups excluding carboxylic acids is 2. The molecule has 2 N–H and O–H groups in total. The van der Waals surface area contributed by atoms with Crippen LogP contribution in [-0.2, 0) is 9.47 Å². The number of halogens is 1. The van der Waals surface area contributed by atoms with E-state index in [-0.39, 0.29) is 46.5 Å². The number of carbonyl (C=O) groups is 2. The minimum Gasteiger partial charge on any atom is -0.459 e. The van der Waals surface area contributed by atoms with Gasteiger partial charge in [0, 0.05) is 48.8 Å². The van der Waals surface area contributed by atoms with Crippen molar-refractivity contribution >= 4 is 11.9 Å². The van der Waals surface area contributed by atoms with Gasteiger partial charge in [-0.2, -0.15) is 0 Å². The number of benzene rings is 1. The first-order chi connectivity index (χ1) is 16.2. The number of esters is 2. The van der Waals surface area contributed by atoms with Crippen LogP contribution in [0.4, 0.5) is 4.39 Å². The van der Waals surface area contributed by atoms with Gasteiger partial charge in [-0.15, -0.1) is 0 Å². The normalized spacial score (nSPS) is 28.1. The summed E-state index contributed by atoms with van der Waals surface area (Å²) in [6.45, 7) is 16.9. The van der Waals surface area contributed by atoms with Crippen molar-refractivity contribution in [1.82, 2.24) is 10.6 Å². The molecule has 196 valence electrons. The van der Waals surface area contributed by atoms with E-state index in [1.54, 1.807) is 0 Å². The van der Waals surface area contributed by atoms with Crippen LogP contribution in [-0.4, -0.2) is 47.3 Å². The van der Waals surface area contributed by atoms with Crippen LogP contribution in [0.5, 0.6) is 0 Å². The summed E-state index contributed by atoms with van der Waals surface area (Å²) in [5.41, 5.74) is -0.405. The maximum absolute atomic E-state index is 14.9. The van der Waals surface area contributed by atoms with Crippen molar-refractivity contribution in [2.45, 2.75) is 116 Å². The molecule has 0 aliphatic carbocycles. The lowest BCUT2D eigenvalue weighted by molar-refractivity contribution is -0.00146. The summed E-state index contributed by atoms with van der Waals surface area (Å²) >= 11 is 0. The quantitative estimate of drug-likeness (QED) is 0.531. The third-order valence-corrected chi connectivity index (χ3v) is 7.24. The zero-order valence-electron chi connectivity index (χ0n) is 22.5. The van der Waals surface area contributed by atoms with E-state index in [0.717, 1.165) is 6.07 Å². The summed E-state index contributed by atoms with van der Waals surface area (Å²) in [6.07, 6.45) is 2.17. The van der Waals surface area contributed by atoms with Crippen molar-refractivity contribution in [1.29, 1.82) is 0 Å². The summed E-state index contributed by atoms with van der Waals surface area (Å²) in [4.78, 5) is 25.6. The van der Waals surface area contributed by atoms with Gasteiger partial charge in [-0.1, -0.05) is 27.7 Å². The van der Waals surface area contributed by atoms with Crippen LogP contribution in [0.15, 0.2) is 18.2 Å². The zero-order chi connectivity index (χ0) is 26.1. The molecule has 0 amide bonds. The van der Waals surface area contributed by atoms with E-state index in [0.29, 0.717) is 37.5 Å². The molecule has 1 aromatic carbocycles. The highest BCUT2D eigenvalue weighted by Crippen LogP contribution is 2.30. The van der Waals surface area contributed by atoms with Crippen LogP contribution >= 0.6 is 0 Å². The topological polar surface area (TPSA) is 76.7 Å². The van der Waals surface area contributed by atoms with Crippen LogP contribution in [0.2, 0.25) is 0 Å². The molecule has 0 aromatic heterocycles. The highest BCUT2D eigenvalue weighted by Gasteiger charge is 2.38. The van der Waals surface area contributed by atoms with E-state index < -0.39 is 17.8 Å². The largest absolute Gasteiger partial charge is 0.459 e. The second kappa shape index (κ2) is 10.6. The van der Waals surface area contributed by atoms with E-state index in [1.165, 1.54) is 12.1 Å². The fourth-order valence-corrected chi connectivity index (χ4v) is 5.41. The Hall–Kier alpha value is -1.99. The molecular formula is C28H43FN2O4. The van der Waals surface area contributed by atoms with Crippen LogP contribution < -0.4 is 10.6 Å². The van der Waals surface area contributed by atoms with E-state index in [9.17, 15) is 14.0 Å². The molecule has 7 heteroatoms. The van der Waals surface area contributed by atoms with Gasteiger partial charge in [-0.3, -0.25) is 0 Å². The summed E-state index contributed by atoms with van der Waals surface area (Å²) in [6, 6.07) is 4.30. The van der Waals surface area contributed by atoms with Crippen LogP contribution in [0, 0.1) is 17.7 Å². The molecule has 2 heterocycles. The molecule has 4 unspecified atom stereocenters. The number of rotatable bonds is 6. The van der Waals surface area contributed by atoms with Crippen LogP contribution in [0.1, 0.15) is 102 Å². The lowest BCUT2D eigenvalue weighted by Crippen LogP contribution is -2.56. The molecule has 2 aliphatic heterocycles. The Balaban J connectivity index is 1.65. The molecule has 3 rings (SSSR count). The molecule has 6 nitrogen and oxygen atoms in total. The van der Waals surface area contributed by atoms with Crippen molar-refractivity contribution in [2.24, 2.45) is 11.8 Å². The predicted molar refractivity (Wildman–Crippen MR) is 135 cm³/mol. The Bertz CT molecular complexity index is 928. The van der Waals surface area contributed by atoms with Gasteiger partial charge in [0.25, 0.3) is 0 Å². The van der Waals surface area contributed by atoms with Gasteiger partial charge >= 0.3 is 11.9 Å². The van der Waals surface area contributed by atoms with Gasteiger partial charge in [0.15, 0.2) is 0 Å². The second-order valence-electron chi connectivity index (χ2n) is 12.4. The Morgan fingerprint density at radius 3 is 1.74 bits per heavy atom. The molecule has 4 atom stereocenters. The van der Waals surface area contributed by atoms with Gasteiger partial charge in [-0.05, 0) is 57.7 Å². The van der Waals surface area contributed by atoms with Crippen molar-refractivity contribution < 1.29 is 23.5 Å². The zero-order valence-corrected chi connectivity index (χ0v) is 22.5. The summed E-state index contributed by atoms with van der Waals surface area (Å²) in [7, 11) is 0. The number of piperidine rings is 2. The fourth-order valence-electron chi connectivity index (χ4n) is 5.41. The predicted octanol–water partition coefficient (Wildman–Crippen LogP) is 5.25. The first-order valence-electron chi connectivity index (χ1n) is 12.9. The van der Waals surface area contributed by atoms with Crippen LogP contribution in [0.25, 0.3) is 0 Å². The number of hydrogen-bond donors (Lipinski definition) is 2. The first kappa shape index (κ1) is 27.6. The average molecular weight is 491 g/mol. The average Bonchev–Trinajstić information content (AvgIpc) is 2.71. The van der Waals surface area contributed by atoms with Crippen LogP contribution in [0.3, 0.4) is 0 Å². The standard InChI is InChI=1S/C28H43FN2O4/c1-16(2)23-12-19(14-27(5,6)30-23)34-25(32)18-9-10-21(22(29)11-18)26(33)35-20-13-24(17(3)4)31-28(7,8)15-20/h9-11,16-17,19-20,23-24,30-31H,12-15H2,1-8H3. The highest BCUT2D eigenvalue weighted by atomic mass is 19.1. The third kappa shape index (κ3) is 7.26. The monoisotopic (exact) mass is 490 g/mol. The maximum Gasteiger partial charge on any atom is 0.341 e. The molecule has 35 heavy (non-hydrogen) atoms. The van der Waals surface area contributed by atoms with Gasteiger partial charge in [-0.25, -0.2) is 14.0 Å². The lowest BCUT2D eigenvalue weighted by Gasteiger charge is -2.42. The molecule has 0 radical (unpaired) electrons. The minimum atomic E-state index is -0.774. The molecular weight excluding hydrogens is 447 g/mol. The lowest BCUT2D eigenvalue weighted by atomic mass is 9.83. The second-order valence-corrected chi connectivity index (χ2v) is 12.4. The van der Waals surface area contributed by atoms with E-state index in [4.69, 9.17) is 9.47 Å². The van der Waals surface area contributed by atoms with Gasteiger partial charge < -0.3 is 20.1 Å². The summed E-state index contributed by atoms with van der Waals surface area (Å²) in [5.74, 6) is -1.26. The Kier molecular flexibility index (Phi) is 8.32. The van der Waals surface area contributed by atoms with E-state index in [1.807, 2.05) is 0 Å². The van der Waals surface area contributed by atoms with Gasteiger partial charge in [0.2, 0.25) is 0 Å². The molecule has 2 fully saturated rings. The molecule has 0 spiro atoms. The fraction of sp³-hybridized carbons (Fsp3) is 0.714. The van der Waals surface area contributed by atoms with Crippen molar-refractivity contribution in [2.75, 3.05) is 0 Å². The molecule has 2 aliphatic rings. The maximum atomic E-state index is 14.9. The molecule has 0 bridgehead atoms. The Morgan fingerprint density at radius 1 is 0.857 bits per heavy atom. The smallest absolute Gasteiger partial charge is 0.341 e. The van der Waals surface area contributed by atoms with Gasteiger partial charge in [0.05, 0.1) is 11.1 Å². The van der Waals surface area contributed by atoms with Crippen molar-refractivity contribution in [3.05, 3.63) is 35.1 Å². The van der Waals surface area contributed by atoms with Crippen molar-refractivity contribution in [3.8, 4) is 0 Å². The molecule has 1 aromatic rings. The first-order valence-corrected chi connectivity index (χ1v) is 12.9. The van der Waals surface area contributed by atoms with Gasteiger partial charge in [0.1, 0.15) is 18.0 Å². The number of hydrogen-bond acceptors (Lipinski definition) is 6. The molecule has 2 saturated heterocycles. The number of nitrogens with one attached hydrogen (secondary N) is 2. The Morgan fingerprint density at radius 2 is 1.31 bits per heavy atom. The van der Waals surface area contributed by atoms with E-state index >= 15 is 0 Å². The summed E-state index contributed by atoms with van der Waals surface area (Å²) < 4.78 is 26.4. The Labute approximate surface area is 209 Å². The SMILES string of the molecule is CC(C)C1CC(OC(=O)c2ccc(C(=O)OC3CC(C(C)C)NC(C)(C)C3)c(F)c2)CC(C)(C)N1. The third-order valence-electron chi connectivity index (χ3n) is 7.24. The minimum absolute atomic E-state index is 0.0966. The molecule has 0 saturated carbocycles. The van der Waals surface area contributed by atoms with E-state index in [2.05, 4.69) is 66.0 Å². The summed E-state index contributed by atoms with van der Waals surface area (Å²) in [5, 5.41) is 7.20. The number of ether oxygens (including phenoxy) is 2.